The molecule has 0 aromatic heterocycles. The molecule has 1 saturated heterocycles. The fourth-order valence-electron chi connectivity index (χ4n) is 2.59. The zero-order valence-electron chi connectivity index (χ0n) is 12.1. The summed E-state index contributed by atoms with van der Waals surface area (Å²) in [6.07, 6.45) is -0.233. The van der Waals surface area contributed by atoms with Crippen LogP contribution >= 0.6 is 0 Å². The van der Waals surface area contributed by atoms with Gasteiger partial charge < -0.3 is 9.57 Å². The molecule has 2 aliphatic rings. The standard InChI is InChI=1S/C15H14N2O5/c1-3-8-4-6-9(7-5-8)17-13(18)10-11(15(20)21-2)16-22-12(10)14(17)19/h4-7,10,12H,3H2,1-2H3. The minimum absolute atomic E-state index is 0.168. The Bertz CT molecular complexity index is 680. The SMILES string of the molecule is CCc1ccc(N2C(=O)C3ON=C(C(=O)OC)C3C2=O)cc1. The number of carbonyl (C=O) groups excluding carboxylic acids is 3. The summed E-state index contributed by atoms with van der Waals surface area (Å²) in [6, 6.07) is 7.09. The van der Waals surface area contributed by atoms with Gasteiger partial charge in [-0.3, -0.25) is 9.59 Å². The summed E-state index contributed by atoms with van der Waals surface area (Å²) in [5.41, 5.74) is 1.38. The van der Waals surface area contributed by atoms with E-state index in [2.05, 4.69) is 9.89 Å². The van der Waals surface area contributed by atoms with E-state index in [1.165, 1.54) is 7.11 Å². The number of nitrogens with zero attached hydrogens (tertiary/aromatic N) is 2. The Morgan fingerprint density at radius 2 is 1.95 bits per heavy atom. The highest BCUT2D eigenvalue weighted by Crippen LogP contribution is 2.33. The minimum atomic E-state index is -1.09. The maximum absolute atomic E-state index is 12.5. The summed E-state index contributed by atoms with van der Waals surface area (Å²) in [4.78, 5) is 42.5. The molecule has 22 heavy (non-hydrogen) atoms. The molecule has 7 nitrogen and oxygen atoms in total. The predicted octanol–water partition coefficient (Wildman–Crippen LogP) is 0.666. The smallest absolute Gasteiger partial charge is 0.356 e. The molecule has 0 spiro atoms. The number of aryl methyl sites for hydroxylation is 1. The van der Waals surface area contributed by atoms with Crippen LogP contribution in [0, 0.1) is 5.92 Å². The number of fused-ring (bicyclic) bond motifs is 1. The minimum Gasteiger partial charge on any atom is -0.464 e. The molecule has 0 aliphatic carbocycles. The number of hydrogen-bond acceptors (Lipinski definition) is 6. The van der Waals surface area contributed by atoms with Gasteiger partial charge >= 0.3 is 5.97 Å². The molecule has 1 aromatic carbocycles. The first-order valence-electron chi connectivity index (χ1n) is 6.87. The van der Waals surface area contributed by atoms with Crippen LogP contribution < -0.4 is 4.90 Å². The summed E-state index contributed by atoms with van der Waals surface area (Å²) in [6.45, 7) is 2.01. The lowest BCUT2D eigenvalue weighted by molar-refractivity contribution is -0.133. The Balaban J connectivity index is 1.92. The number of ether oxygens (including phenoxy) is 1. The first kappa shape index (κ1) is 14.2. The lowest BCUT2D eigenvalue weighted by Crippen LogP contribution is -2.34. The van der Waals surface area contributed by atoms with Gasteiger partial charge in [-0.25, -0.2) is 9.69 Å². The number of benzene rings is 1. The summed E-state index contributed by atoms with van der Waals surface area (Å²) >= 11 is 0. The van der Waals surface area contributed by atoms with Crippen LogP contribution in [0.3, 0.4) is 0 Å². The molecular weight excluding hydrogens is 288 g/mol. The first-order chi connectivity index (χ1) is 10.6. The van der Waals surface area contributed by atoms with Gasteiger partial charge in [0.05, 0.1) is 12.8 Å². The topological polar surface area (TPSA) is 85.3 Å². The molecular formula is C15H14N2O5. The highest BCUT2D eigenvalue weighted by Gasteiger charge is 2.57. The summed E-state index contributed by atoms with van der Waals surface area (Å²) < 4.78 is 4.57. The van der Waals surface area contributed by atoms with Crippen LogP contribution in [0.2, 0.25) is 0 Å². The number of imide groups is 1. The molecule has 2 unspecified atom stereocenters. The van der Waals surface area contributed by atoms with Gasteiger partial charge in [-0.2, -0.15) is 0 Å². The van der Waals surface area contributed by atoms with E-state index in [-0.39, 0.29) is 5.71 Å². The third-order valence-electron chi connectivity index (χ3n) is 3.81. The average molecular weight is 302 g/mol. The highest BCUT2D eigenvalue weighted by molar-refractivity contribution is 6.46. The van der Waals surface area contributed by atoms with Crippen LogP contribution in [-0.2, 0) is 30.4 Å². The Kier molecular flexibility index (Phi) is 3.40. The second-order valence-electron chi connectivity index (χ2n) is 5.00. The van der Waals surface area contributed by atoms with Gasteiger partial charge in [0.25, 0.3) is 5.91 Å². The third-order valence-corrected chi connectivity index (χ3v) is 3.81. The van der Waals surface area contributed by atoms with Crippen LogP contribution in [0.15, 0.2) is 29.4 Å². The van der Waals surface area contributed by atoms with E-state index < -0.39 is 29.8 Å². The quantitative estimate of drug-likeness (QED) is 0.605. The van der Waals surface area contributed by atoms with Gasteiger partial charge in [-0.1, -0.05) is 24.2 Å². The monoisotopic (exact) mass is 302 g/mol. The number of methoxy groups -OCH3 is 1. The highest BCUT2D eigenvalue weighted by atomic mass is 16.7. The van der Waals surface area contributed by atoms with Crippen molar-refractivity contribution in [3.63, 3.8) is 0 Å². The number of oxime groups is 1. The van der Waals surface area contributed by atoms with E-state index in [1.54, 1.807) is 12.1 Å². The lowest BCUT2D eigenvalue weighted by Gasteiger charge is -2.15. The first-order valence-corrected chi connectivity index (χ1v) is 6.87. The number of hydrogen-bond donors (Lipinski definition) is 0. The average Bonchev–Trinajstić information content (AvgIpc) is 3.08. The van der Waals surface area contributed by atoms with Gasteiger partial charge in [0.15, 0.2) is 5.71 Å². The second-order valence-corrected chi connectivity index (χ2v) is 5.00. The van der Waals surface area contributed by atoms with Gasteiger partial charge in [-0.05, 0) is 24.1 Å². The van der Waals surface area contributed by atoms with E-state index in [4.69, 9.17) is 4.84 Å². The van der Waals surface area contributed by atoms with Crippen molar-refractivity contribution in [3.8, 4) is 0 Å². The van der Waals surface area contributed by atoms with Crippen molar-refractivity contribution < 1.29 is 24.0 Å². The van der Waals surface area contributed by atoms with Gasteiger partial charge in [0.2, 0.25) is 12.0 Å². The third kappa shape index (κ3) is 1.97. The Hall–Kier alpha value is -2.70. The van der Waals surface area contributed by atoms with Crippen molar-refractivity contribution in [2.75, 3.05) is 12.0 Å². The zero-order chi connectivity index (χ0) is 15.9. The summed E-state index contributed by atoms with van der Waals surface area (Å²) in [5, 5.41) is 3.52. The lowest BCUT2D eigenvalue weighted by atomic mass is 10.00. The summed E-state index contributed by atoms with van der Waals surface area (Å²) in [5.74, 6) is -2.86. The predicted molar refractivity (Wildman–Crippen MR) is 76.1 cm³/mol. The Labute approximate surface area is 126 Å². The van der Waals surface area contributed by atoms with Crippen molar-refractivity contribution >= 4 is 29.2 Å². The fraction of sp³-hybridized carbons (Fsp3) is 0.333. The van der Waals surface area contributed by atoms with E-state index in [9.17, 15) is 14.4 Å². The molecule has 1 fully saturated rings. The molecule has 7 heteroatoms. The van der Waals surface area contributed by atoms with E-state index in [0.717, 1.165) is 16.9 Å². The molecule has 0 N–H and O–H groups in total. The van der Waals surface area contributed by atoms with Crippen LogP contribution in [0.25, 0.3) is 0 Å². The Morgan fingerprint density at radius 1 is 1.27 bits per heavy atom. The fourth-order valence-corrected chi connectivity index (χ4v) is 2.59. The van der Waals surface area contributed by atoms with Crippen molar-refractivity contribution in [1.29, 1.82) is 0 Å². The summed E-state index contributed by atoms with van der Waals surface area (Å²) in [7, 11) is 1.18. The number of anilines is 1. The molecule has 1 aromatic rings. The molecule has 2 atom stereocenters. The van der Waals surface area contributed by atoms with Gasteiger partial charge in [0.1, 0.15) is 5.92 Å². The molecule has 2 heterocycles. The molecule has 2 amide bonds. The molecule has 2 aliphatic heterocycles. The molecule has 0 bridgehead atoms. The molecule has 0 radical (unpaired) electrons. The molecule has 3 rings (SSSR count). The van der Waals surface area contributed by atoms with Crippen molar-refractivity contribution in [3.05, 3.63) is 29.8 Å². The van der Waals surface area contributed by atoms with E-state index >= 15 is 0 Å². The van der Waals surface area contributed by atoms with Crippen molar-refractivity contribution in [2.24, 2.45) is 11.1 Å². The number of esters is 1. The number of amides is 2. The normalized spacial score (nSPS) is 23.2. The molecule has 114 valence electrons. The number of rotatable bonds is 3. The number of carbonyl (C=O) groups is 3. The maximum atomic E-state index is 12.5. The van der Waals surface area contributed by atoms with Crippen molar-refractivity contribution in [2.45, 2.75) is 19.4 Å². The van der Waals surface area contributed by atoms with Crippen LogP contribution in [-0.4, -0.2) is 36.7 Å². The molecule has 0 saturated carbocycles. The van der Waals surface area contributed by atoms with Gasteiger partial charge in [-0.15, -0.1) is 0 Å². The van der Waals surface area contributed by atoms with Crippen LogP contribution in [0.5, 0.6) is 0 Å². The van der Waals surface area contributed by atoms with Crippen LogP contribution in [0.1, 0.15) is 12.5 Å². The second kappa shape index (κ2) is 5.25. The van der Waals surface area contributed by atoms with E-state index in [1.807, 2.05) is 19.1 Å². The van der Waals surface area contributed by atoms with E-state index in [0.29, 0.717) is 5.69 Å². The Morgan fingerprint density at radius 3 is 2.55 bits per heavy atom. The van der Waals surface area contributed by atoms with Crippen molar-refractivity contribution in [1.82, 2.24) is 0 Å². The zero-order valence-corrected chi connectivity index (χ0v) is 12.1. The maximum Gasteiger partial charge on any atom is 0.356 e. The van der Waals surface area contributed by atoms with Gasteiger partial charge in [0, 0.05) is 0 Å². The van der Waals surface area contributed by atoms with Crippen LogP contribution in [0.4, 0.5) is 5.69 Å². The largest absolute Gasteiger partial charge is 0.464 e.